The Morgan fingerprint density at radius 2 is 1.71 bits per heavy atom. The second-order valence-electron chi connectivity index (χ2n) is 7.43. The van der Waals surface area contributed by atoms with Crippen molar-refractivity contribution in [3.8, 4) is 0 Å². The standard InChI is InChI=1S/C22H25NO/c1-17-19-11-5-6-12-20(19)22(13-7-8-14-22)16-23(17)21(24)15-18-9-3-2-4-10-18/h2-6,9-12,17H,7-8,13-16H2,1H3/t17-/m1/s1. The fraction of sp³-hybridized carbons (Fsp3) is 0.409. The Morgan fingerprint density at radius 3 is 2.46 bits per heavy atom. The molecule has 0 N–H and O–H groups in total. The molecule has 1 heterocycles. The lowest BCUT2D eigenvalue weighted by Gasteiger charge is -2.46. The van der Waals surface area contributed by atoms with Crippen molar-refractivity contribution in [1.29, 1.82) is 0 Å². The fourth-order valence-electron chi connectivity index (χ4n) is 4.72. The minimum absolute atomic E-state index is 0.170. The highest BCUT2D eigenvalue weighted by Gasteiger charge is 2.45. The van der Waals surface area contributed by atoms with E-state index < -0.39 is 0 Å². The third-order valence-corrected chi connectivity index (χ3v) is 6.00. The van der Waals surface area contributed by atoms with Gasteiger partial charge in [0, 0.05) is 12.0 Å². The lowest BCUT2D eigenvalue weighted by molar-refractivity contribution is -0.134. The summed E-state index contributed by atoms with van der Waals surface area (Å²) in [6.45, 7) is 3.07. The van der Waals surface area contributed by atoms with Gasteiger partial charge in [-0.15, -0.1) is 0 Å². The van der Waals surface area contributed by atoms with E-state index in [-0.39, 0.29) is 17.4 Å². The number of rotatable bonds is 2. The van der Waals surface area contributed by atoms with Crippen molar-refractivity contribution >= 4 is 5.91 Å². The highest BCUT2D eigenvalue weighted by atomic mass is 16.2. The molecule has 1 spiro atoms. The van der Waals surface area contributed by atoms with E-state index in [4.69, 9.17) is 0 Å². The van der Waals surface area contributed by atoms with Gasteiger partial charge in [0.05, 0.1) is 12.5 Å². The minimum Gasteiger partial charge on any atom is -0.335 e. The number of carbonyl (C=O) groups is 1. The zero-order valence-corrected chi connectivity index (χ0v) is 14.4. The lowest BCUT2D eigenvalue weighted by Crippen LogP contribution is -2.49. The van der Waals surface area contributed by atoms with Crippen LogP contribution in [0.15, 0.2) is 54.6 Å². The highest BCUT2D eigenvalue weighted by Crippen LogP contribution is 2.48. The predicted octanol–water partition coefficient (Wildman–Crippen LogP) is 4.64. The molecule has 0 bridgehead atoms. The van der Waals surface area contributed by atoms with E-state index >= 15 is 0 Å². The van der Waals surface area contributed by atoms with Crippen molar-refractivity contribution in [3.63, 3.8) is 0 Å². The molecular formula is C22H25NO. The maximum atomic E-state index is 13.1. The van der Waals surface area contributed by atoms with Crippen molar-refractivity contribution < 1.29 is 4.79 Å². The Kier molecular flexibility index (Phi) is 3.91. The van der Waals surface area contributed by atoms with E-state index in [1.807, 2.05) is 30.3 Å². The van der Waals surface area contributed by atoms with Gasteiger partial charge < -0.3 is 4.90 Å². The van der Waals surface area contributed by atoms with Crippen LogP contribution < -0.4 is 0 Å². The maximum absolute atomic E-state index is 13.1. The van der Waals surface area contributed by atoms with Crippen molar-refractivity contribution in [1.82, 2.24) is 4.90 Å². The van der Waals surface area contributed by atoms with Crippen LogP contribution in [0.2, 0.25) is 0 Å². The molecule has 0 saturated heterocycles. The summed E-state index contributed by atoms with van der Waals surface area (Å²) in [5.41, 5.74) is 4.15. The average Bonchev–Trinajstić information content (AvgIpc) is 3.08. The van der Waals surface area contributed by atoms with E-state index in [1.165, 1.54) is 36.8 Å². The van der Waals surface area contributed by atoms with Crippen LogP contribution in [0, 0.1) is 0 Å². The Balaban J connectivity index is 1.66. The van der Waals surface area contributed by atoms with Gasteiger partial charge in [-0.25, -0.2) is 0 Å². The molecule has 2 aliphatic rings. The van der Waals surface area contributed by atoms with Gasteiger partial charge in [-0.05, 0) is 36.5 Å². The van der Waals surface area contributed by atoms with Crippen molar-refractivity contribution in [3.05, 3.63) is 71.3 Å². The first-order valence-electron chi connectivity index (χ1n) is 9.12. The first-order valence-corrected chi connectivity index (χ1v) is 9.12. The minimum atomic E-state index is 0.170. The molecule has 2 heteroatoms. The van der Waals surface area contributed by atoms with Gasteiger partial charge in [0.1, 0.15) is 0 Å². The summed E-state index contributed by atoms with van der Waals surface area (Å²) in [6.07, 6.45) is 5.49. The molecule has 0 aromatic heterocycles. The molecule has 2 nitrogen and oxygen atoms in total. The zero-order chi connectivity index (χ0) is 16.6. The molecule has 1 aliphatic heterocycles. The van der Waals surface area contributed by atoms with Gasteiger partial charge in [0.25, 0.3) is 0 Å². The largest absolute Gasteiger partial charge is 0.335 e. The van der Waals surface area contributed by atoms with E-state index in [0.717, 1.165) is 12.1 Å². The molecule has 2 aromatic carbocycles. The number of hydrogen-bond acceptors (Lipinski definition) is 1. The van der Waals surface area contributed by atoms with Gasteiger partial charge in [0.2, 0.25) is 5.91 Å². The molecule has 1 amide bonds. The van der Waals surface area contributed by atoms with Crippen molar-refractivity contribution in [2.45, 2.75) is 50.5 Å². The van der Waals surface area contributed by atoms with Gasteiger partial charge in [-0.2, -0.15) is 0 Å². The third-order valence-electron chi connectivity index (χ3n) is 6.00. The zero-order valence-electron chi connectivity index (χ0n) is 14.4. The van der Waals surface area contributed by atoms with Crippen LogP contribution in [0.3, 0.4) is 0 Å². The number of fused-ring (bicyclic) bond motifs is 2. The molecule has 4 rings (SSSR count). The second-order valence-corrected chi connectivity index (χ2v) is 7.43. The van der Waals surface area contributed by atoms with Crippen LogP contribution in [0.1, 0.15) is 55.3 Å². The molecule has 0 unspecified atom stereocenters. The molecule has 1 aliphatic carbocycles. The molecule has 1 fully saturated rings. The lowest BCUT2D eigenvalue weighted by atomic mass is 9.72. The summed E-state index contributed by atoms with van der Waals surface area (Å²) in [7, 11) is 0. The van der Waals surface area contributed by atoms with E-state index in [0.29, 0.717) is 6.42 Å². The van der Waals surface area contributed by atoms with E-state index in [9.17, 15) is 4.79 Å². The topological polar surface area (TPSA) is 20.3 Å². The first-order chi connectivity index (χ1) is 11.7. The summed E-state index contributed by atoms with van der Waals surface area (Å²) in [6, 6.07) is 19.1. The monoisotopic (exact) mass is 319 g/mol. The summed E-state index contributed by atoms with van der Waals surface area (Å²) in [4.78, 5) is 15.2. The number of carbonyl (C=O) groups excluding carboxylic acids is 1. The van der Waals surface area contributed by atoms with Gasteiger partial charge in [-0.3, -0.25) is 4.79 Å². The van der Waals surface area contributed by atoms with Crippen molar-refractivity contribution in [2.24, 2.45) is 0 Å². The number of nitrogens with zero attached hydrogens (tertiary/aromatic N) is 1. The Labute approximate surface area is 144 Å². The van der Waals surface area contributed by atoms with Crippen LogP contribution in [-0.4, -0.2) is 17.4 Å². The fourth-order valence-corrected chi connectivity index (χ4v) is 4.72. The van der Waals surface area contributed by atoms with Crippen LogP contribution in [0.5, 0.6) is 0 Å². The molecular weight excluding hydrogens is 294 g/mol. The Hall–Kier alpha value is -2.09. The molecule has 124 valence electrons. The summed E-state index contributed by atoms with van der Waals surface area (Å²) < 4.78 is 0. The number of hydrogen-bond donors (Lipinski definition) is 0. The Morgan fingerprint density at radius 1 is 1.04 bits per heavy atom. The highest BCUT2D eigenvalue weighted by molar-refractivity contribution is 5.80. The summed E-state index contributed by atoms with van der Waals surface area (Å²) in [5.74, 6) is 0.259. The van der Waals surface area contributed by atoms with Gasteiger partial charge >= 0.3 is 0 Å². The van der Waals surface area contributed by atoms with E-state index in [1.54, 1.807) is 0 Å². The number of amides is 1. The summed E-state index contributed by atoms with van der Waals surface area (Å²) in [5, 5.41) is 0. The molecule has 1 atom stereocenters. The van der Waals surface area contributed by atoms with Crippen LogP contribution in [0.25, 0.3) is 0 Å². The molecule has 0 radical (unpaired) electrons. The second kappa shape index (κ2) is 6.08. The quantitative estimate of drug-likeness (QED) is 0.789. The van der Waals surface area contributed by atoms with Gasteiger partial charge in [-0.1, -0.05) is 67.4 Å². The predicted molar refractivity (Wildman–Crippen MR) is 96.9 cm³/mol. The average molecular weight is 319 g/mol. The SMILES string of the molecule is C[C@@H]1c2ccccc2C2(CCCC2)CN1C(=O)Cc1ccccc1. The number of benzene rings is 2. The van der Waals surface area contributed by atoms with Gasteiger partial charge in [0.15, 0.2) is 0 Å². The van der Waals surface area contributed by atoms with E-state index in [2.05, 4.69) is 36.1 Å². The Bertz CT molecular complexity index is 731. The van der Waals surface area contributed by atoms with Crippen molar-refractivity contribution in [2.75, 3.05) is 6.54 Å². The molecule has 24 heavy (non-hydrogen) atoms. The molecule has 2 aromatic rings. The van der Waals surface area contributed by atoms with Crippen LogP contribution in [0.4, 0.5) is 0 Å². The van der Waals surface area contributed by atoms with Crippen LogP contribution in [-0.2, 0) is 16.6 Å². The summed E-state index contributed by atoms with van der Waals surface area (Å²) >= 11 is 0. The third kappa shape index (κ3) is 2.54. The smallest absolute Gasteiger partial charge is 0.227 e. The van der Waals surface area contributed by atoms with Crippen LogP contribution >= 0.6 is 0 Å². The first kappa shape index (κ1) is 15.4. The molecule has 1 saturated carbocycles. The maximum Gasteiger partial charge on any atom is 0.227 e. The normalized spacial score (nSPS) is 21.7.